The van der Waals surface area contributed by atoms with Crippen molar-refractivity contribution in [1.82, 2.24) is 0 Å². The first-order valence-electron chi connectivity index (χ1n) is 15.5. The van der Waals surface area contributed by atoms with Gasteiger partial charge in [0, 0.05) is 61.2 Å². The average Bonchev–Trinajstić information content (AvgIpc) is 3.91. The molecular weight excluding hydrogens is 633 g/mol. The van der Waals surface area contributed by atoms with E-state index in [0.717, 1.165) is 32.9 Å². The fourth-order valence-electron chi connectivity index (χ4n) is 6.29. The second-order valence-corrected chi connectivity index (χ2v) is 15.2. The number of fused-ring (bicyclic) bond motifs is 6. The van der Waals surface area contributed by atoms with Gasteiger partial charge in [0.2, 0.25) is 0 Å². The molecule has 4 nitrogen and oxygen atoms in total. The Morgan fingerprint density at radius 3 is 1.62 bits per heavy atom. The van der Waals surface area contributed by atoms with Crippen LogP contribution < -0.4 is 21.6 Å². The maximum absolute atomic E-state index is 5.06. The molecule has 6 aromatic carbocycles. The van der Waals surface area contributed by atoms with Gasteiger partial charge in [-0.15, -0.1) is 34.0 Å². The number of nitrogens with one attached hydrogen (secondary N) is 2. The minimum atomic E-state index is 0.963. The van der Waals surface area contributed by atoms with Crippen molar-refractivity contribution in [2.45, 2.75) is 13.8 Å². The van der Waals surface area contributed by atoms with Crippen LogP contribution in [0, 0.1) is 13.8 Å². The van der Waals surface area contributed by atoms with Crippen LogP contribution in [-0.2, 0) is 0 Å². The fourth-order valence-corrected chi connectivity index (χ4v) is 9.61. The number of nitrogens with zero attached hydrogens (tertiary/aromatic N) is 2. The third-order valence-corrected chi connectivity index (χ3v) is 12.2. The van der Waals surface area contributed by atoms with Crippen LogP contribution in [-0.4, -0.2) is 0 Å². The molecule has 0 unspecified atom stereocenters. The van der Waals surface area contributed by atoms with E-state index in [9.17, 15) is 0 Å². The molecule has 0 aliphatic carbocycles. The van der Waals surface area contributed by atoms with Gasteiger partial charge in [0.1, 0.15) is 0 Å². The molecule has 9 rings (SSSR count). The molecule has 0 saturated carbocycles. The van der Waals surface area contributed by atoms with Crippen molar-refractivity contribution in [2.24, 2.45) is 10.2 Å². The first-order chi connectivity index (χ1) is 23.1. The maximum Gasteiger partial charge on any atom is 0.0999 e. The summed E-state index contributed by atoms with van der Waals surface area (Å²) >= 11 is 5.52. The van der Waals surface area contributed by atoms with E-state index in [0.29, 0.717) is 0 Å². The van der Waals surface area contributed by atoms with Crippen LogP contribution >= 0.6 is 34.0 Å². The molecular formula is C40H28N4S3. The van der Waals surface area contributed by atoms with Crippen LogP contribution in [0.15, 0.2) is 132 Å². The van der Waals surface area contributed by atoms with E-state index >= 15 is 0 Å². The van der Waals surface area contributed by atoms with E-state index in [2.05, 4.69) is 85.4 Å². The first-order valence-corrected chi connectivity index (χ1v) is 17.9. The summed E-state index contributed by atoms with van der Waals surface area (Å²) in [5, 5.41) is 19.1. The maximum atomic E-state index is 5.06. The summed E-state index contributed by atoms with van der Waals surface area (Å²) in [5.74, 6) is 0. The van der Waals surface area contributed by atoms with Crippen molar-refractivity contribution in [1.29, 1.82) is 0 Å². The van der Waals surface area contributed by atoms with Gasteiger partial charge in [-0.1, -0.05) is 66.2 Å². The Balaban J connectivity index is 1.26. The van der Waals surface area contributed by atoms with Gasteiger partial charge in [0.15, 0.2) is 0 Å². The van der Waals surface area contributed by atoms with Crippen LogP contribution in [0.1, 0.15) is 10.4 Å². The Hall–Kier alpha value is -5.08. The summed E-state index contributed by atoms with van der Waals surface area (Å²) < 4.78 is 2.51. The quantitative estimate of drug-likeness (QED) is 0.174. The molecule has 0 radical (unpaired) electrons. The molecule has 47 heavy (non-hydrogen) atoms. The van der Waals surface area contributed by atoms with Gasteiger partial charge in [-0.2, -0.15) is 10.2 Å². The normalized spacial score (nSPS) is 12.7. The minimum absolute atomic E-state index is 0.963. The van der Waals surface area contributed by atoms with Crippen LogP contribution in [0.25, 0.3) is 61.9 Å². The van der Waals surface area contributed by atoms with Crippen molar-refractivity contribution in [3.05, 3.63) is 142 Å². The molecule has 9 aromatic rings. The Morgan fingerprint density at radius 1 is 0.447 bits per heavy atom. The van der Waals surface area contributed by atoms with E-state index in [1.54, 1.807) is 0 Å². The molecule has 0 spiro atoms. The second-order valence-electron chi connectivity index (χ2n) is 11.8. The summed E-state index contributed by atoms with van der Waals surface area (Å²) in [4.78, 5) is 5.08. The number of benzene rings is 4. The smallest absolute Gasteiger partial charge is 0.0999 e. The van der Waals surface area contributed by atoms with Crippen LogP contribution in [0.2, 0.25) is 0 Å². The molecule has 2 N–H and O–H groups in total. The summed E-state index contributed by atoms with van der Waals surface area (Å²) in [6.45, 7) is 4.30. The van der Waals surface area contributed by atoms with E-state index in [1.807, 2.05) is 94.7 Å². The van der Waals surface area contributed by atoms with E-state index < -0.39 is 0 Å². The predicted octanol–water partition coefficient (Wildman–Crippen LogP) is 11.2. The number of para-hydroxylation sites is 2. The monoisotopic (exact) mass is 660 g/mol. The Morgan fingerprint density at radius 2 is 1.00 bits per heavy atom. The SMILES string of the molecule is Cc1ccc(-c2ccc(-c3cc4/c(=N/Nc5ccccc5)c5cc6c(cc5c4s3)/c(=N\Nc3ccccc3)c3cc(C)sc36)s2)cc1. The Bertz CT molecular complexity index is 2690. The van der Waals surface area contributed by atoms with Gasteiger partial charge in [-0.3, -0.25) is 10.9 Å². The van der Waals surface area contributed by atoms with Crippen LogP contribution in [0.5, 0.6) is 0 Å². The van der Waals surface area contributed by atoms with Crippen molar-refractivity contribution < 1.29 is 0 Å². The largest absolute Gasteiger partial charge is 0.278 e. The number of aryl methyl sites for hydroxylation is 2. The van der Waals surface area contributed by atoms with Gasteiger partial charge >= 0.3 is 0 Å². The average molecular weight is 661 g/mol. The topological polar surface area (TPSA) is 48.8 Å². The number of anilines is 2. The number of rotatable bonds is 6. The van der Waals surface area contributed by atoms with Crippen LogP contribution in [0.4, 0.5) is 11.4 Å². The molecule has 7 heteroatoms. The van der Waals surface area contributed by atoms with Crippen molar-refractivity contribution in [3.63, 3.8) is 0 Å². The molecule has 3 heterocycles. The van der Waals surface area contributed by atoms with Crippen molar-refractivity contribution in [2.75, 3.05) is 10.9 Å². The van der Waals surface area contributed by atoms with Gasteiger partial charge in [-0.25, -0.2) is 0 Å². The van der Waals surface area contributed by atoms with E-state index in [-0.39, 0.29) is 0 Å². The predicted molar refractivity (Wildman–Crippen MR) is 204 cm³/mol. The highest BCUT2D eigenvalue weighted by atomic mass is 32.1. The molecule has 3 aromatic heterocycles. The molecule has 0 fully saturated rings. The van der Waals surface area contributed by atoms with Crippen LogP contribution in [0.3, 0.4) is 0 Å². The van der Waals surface area contributed by atoms with E-state index in [4.69, 9.17) is 10.2 Å². The number of hydrogen-bond donors (Lipinski definition) is 2. The highest BCUT2D eigenvalue weighted by Gasteiger charge is 2.19. The Labute approximate surface area is 283 Å². The van der Waals surface area contributed by atoms with Gasteiger partial charge in [-0.05, 0) is 80.1 Å². The third kappa shape index (κ3) is 4.95. The molecule has 226 valence electrons. The molecule has 0 saturated heterocycles. The lowest BCUT2D eigenvalue weighted by Crippen LogP contribution is -2.05. The summed E-state index contributed by atoms with van der Waals surface area (Å²) in [6, 6.07) is 42.9. The number of hydrogen-bond acceptors (Lipinski definition) is 7. The fraction of sp³-hybridized carbons (Fsp3) is 0.0500. The van der Waals surface area contributed by atoms with E-state index in [1.165, 1.54) is 61.6 Å². The van der Waals surface area contributed by atoms with Crippen molar-refractivity contribution >= 4 is 87.1 Å². The zero-order valence-corrected chi connectivity index (χ0v) is 28.1. The van der Waals surface area contributed by atoms with Gasteiger partial charge in [0.05, 0.1) is 22.1 Å². The zero-order chi connectivity index (χ0) is 31.5. The Kier molecular flexibility index (Phi) is 6.78. The summed E-state index contributed by atoms with van der Waals surface area (Å²) in [5.41, 5.74) is 11.1. The highest BCUT2D eigenvalue weighted by molar-refractivity contribution is 7.27. The molecule has 0 aliphatic heterocycles. The van der Waals surface area contributed by atoms with Gasteiger partial charge < -0.3 is 0 Å². The first kappa shape index (κ1) is 28.2. The standard InChI is InChI=1S/C40H28N4S3/c1-23-13-15-25(16-14-23)34-17-18-35(46-34)36-22-33-38(44-42-27-11-7-4-8-12-27)29-20-30-28(21-31(29)40(33)47-36)37(32-19-24(2)45-39(30)32)43-41-26-9-5-3-6-10-26/h3-22,41-42H,1-2H3/b43-37+,44-38+. The lowest BCUT2D eigenvalue weighted by atomic mass is 10.1. The van der Waals surface area contributed by atoms with Gasteiger partial charge in [0.25, 0.3) is 0 Å². The lowest BCUT2D eigenvalue weighted by Gasteiger charge is -2.00. The molecule has 0 bridgehead atoms. The number of thiophene rings is 3. The zero-order valence-electron chi connectivity index (χ0n) is 25.7. The summed E-state index contributed by atoms with van der Waals surface area (Å²) in [6.07, 6.45) is 0. The van der Waals surface area contributed by atoms with Crippen molar-refractivity contribution in [3.8, 4) is 20.2 Å². The minimum Gasteiger partial charge on any atom is -0.278 e. The lowest BCUT2D eigenvalue weighted by molar-refractivity contribution is 1.25. The third-order valence-electron chi connectivity index (χ3n) is 8.58. The summed E-state index contributed by atoms with van der Waals surface area (Å²) in [7, 11) is 0. The second kappa shape index (κ2) is 11.3. The highest BCUT2D eigenvalue weighted by Crippen LogP contribution is 2.43. The molecule has 0 aliphatic rings. The molecule has 0 amide bonds. The molecule has 0 atom stereocenters.